The molecular formula is C12H14BrN3O. The van der Waals surface area contributed by atoms with Crippen LogP contribution < -0.4 is 5.73 Å². The third kappa shape index (κ3) is 1.88. The van der Waals surface area contributed by atoms with E-state index in [0.29, 0.717) is 13.2 Å². The van der Waals surface area contributed by atoms with E-state index < -0.39 is 0 Å². The molecule has 17 heavy (non-hydrogen) atoms. The second kappa shape index (κ2) is 4.08. The number of nitrogens with zero attached hydrogens (tertiary/aromatic N) is 1. The lowest BCUT2D eigenvalue weighted by molar-refractivity contribution is 0.190. The molecule has 0 amide bonds. The van der Waals surface area contributed by atoms with Crippen LogP contribution in [0.3, 0.4) is 0 Å². The average molecular weight is 296 g/mol. The molecule has 3 N–H and O–H groups in total. The summed E-state index contributed by atoms with van der Waals surface area (Å²) >= 11 is 3.49. The third-order valence-corrected chi connectivity index (χ3v) is 3.69. The first-order valence-electron chi connectivity index (χ1n) is 5.64. The zero-order chi connectivity index (χ0) is 12.0. The Morgan fingerprint density at radius 1 is 1.47 bits per heavy atom. The van der Waals surface area contributed by atoms with Crippen LogP contribution in [0.1, 0.15) is 17.3 Å². The Hall–Kier alpha value is -0.910. The Kier molecular flexibility index (Phi) is 2.69. The van der Waals surface area contributed by atoms with Crippen LogP contribution in [0.4, 0.5) is 0 Å². The molecule has 2 aromatic rings. The van der Waals surface area contributed by atoms with Crippen LogP contribution in [0, 0.1) is 6.92 Å². The molecule has 1 aromatic carbocycles. The van der Waals surface area contributed by atoms with Crippen LogP contribution in [0.15, 0.2) is 16.6 Å². The summed E-state index contributed by atoms with van der Waals surface area (Å²) in [6.45, 7) is 3.33. The Morgan fingerprint density at radius 2 is 2.29 bits per heavy atom. The van der Waals surface area contributed by atoms with Crippen LogP contribution in [-0.4, -0.2) is 29.2 Å². The number of aromatic nitrogens is 2. The van der Waals surface area contributed by atoms with Gasteiger partial charge in [0.25, 0.3) is 0 Å². The van der Waals surface area contributed by atoms with Gasteiger partial charge in [-0.3, -0.25) is 0 Å². The van der Waals surface area contributed by atoms with Crippen LogP contribution in [0.5, 0.6) is 0 Å². The topological polar surface area (TPSA) is 63.9 Å². The Labute approximate surface area is 108 Å². The fraction of sp³-hybridized carbons (Fsp3) is 0.417. The van der Waals surface area contributed by atoms with Gasteiger partial charge in [0, 0.05) is 10.5 Å². The van der Waals surface area contributed by atoms with Crippen molar-refractivity contribution in [3.8, 4) is 0 Å². The molecule has 4 nitrogen and oxygen atoms in total. The maximum atomic E-state index is 6.01. The molecule has 5 heteroatoms. The van der Waals surface area contributed by atoms with E-state index in [2.05, 4.69) is 38.9 Å². The molecule has 2 atom stereocenters. The highest BCUT2D eigenvalue weighted by atomic mass is 79.9. The minimum atomic E-state index is 0.0410. The molecule has 0 bridgehead atoms. The van der Waals surface area contributed by atoms with Crippen molar-refractivity contribution in [2.75, 3.05) is 13.2 Å². The lowest BCUT2D eigenvalue weighted by Gasteiger charge is -2.08. The van der Waals surface area contributed by atoms with E-state index in [-0.39, 0.29) is 12.0 Å². The Bertz CT molecular complexity index is 566. The molecule has 0 saturated carbocycles. The van der Waals surface area contributed by atoms with Crippen molar-refractivity contribution in [1.82, 2.24) is 9.97 Å². The number of aryl methyl sites for hydroxylation is 1. The van der Waals surface area contributed by atoms with Gasteiger partial charge in [-0.15, -0.1) is 0 Å². The lowest BCUT2D eigenvalue weighted by atomic mass is 10.0. The normalized spacial score (nSPS) is 24.6. The minimum absolute atomic E-state index is 0.0410. The van der Waals surface area contributed by atoms with Gasteiger partial charge in [-0.05, 0) is 24.6 Å². The van der Waals surface area contributed by atoms with Crippen molar-refractivity contribution >= 4 is 27.0 Å². The van der Waals surface area contributed by atoms with Crippen molar-refractivity contribution in [3.63, 3.8) is 0 Å². The van der Waals surface area contributed by atoms with E-state index in [1.165, 1.54) is 0 Å². The number of H-pyrrole nitrogens is 1. The molecule has 1 aliphatic heterocycles. The molecule has 90 valence electrons. The third-order valence-electron chi connectivity index (χ3n) is 3.24. The molecule has 2 unspecified atom stereocenters. The lowest BCUT2D eigenvalue weighted by Crippen LogP contribution is -2.27. The number of nitrogens with two attached hydrogens (primary N) is 1. The Morgan fingerprint density at radius 3 is 3.00 bits per heavy atom. The summed E-state index contributed by atoms with van der Waals surface area (Å²) in [4.78, 5) is 8.00. The number of nitrogens with one attached hydrogen (secondary N) is 1. The van der Waals surface area contributed by atoms with Crippen LogP contribution in [-0.2, 0) is 4.74 Å². The van der Waals surface area contributed by atoms with Gasteiger partial charge in [-0.25, -0.2) is 4.98 Å². The van der Waals surface area contributed by atoms with Gasteiger partial charge in [0.05, 0.1) is 30.2 Å². The van der Waals surface area contributed by atoms with Gasteiger partial charge in [0.15, 0.2) is 0 Å². The number of imidazole rings is 1. The first-order chi connectivity index (χ1) is 8.15. The summed E-state index contributed by atoms with van der Waals surface area (Å²) in [5.74, 6) is 1.12. The minimum Gasteiger partial charge on any atom is -0.379 e. The number of benzene rings is 1. The number of fused-ring (bicyclic) bond motifs is 1. The summed E-state index contributed by atoms with van der Waals surface area (Å²) in [6, 6.07) is 4.15. The summed E-state index contributed by atoms with van der Waals surface area (Å²) < 4.78 is 6.44. The summed E-state index contributed by atoms with van der Waals surface area (Å²) in [7, 11) is 0. The SMILES string of the molecule is Cc1cc(Br)cc2[nH]c(C3COCC3N)nc12. The van der Waals surface area contributed by atoms with Gasteiger partial charge >= 0.3 is 0 Å². The largest absolute Gasteiger partial charge is 0.379 e. The zero-order valence-corrected chi connectivity index (χ0v) is 11.1. The predicted molar refractivity (Wildman–Crippen MR) is 70.1 cm³/mol. The van der Waals surface area contributed by atoms with Crippen LogP contribution >= 0.6 is 15.9 Å². The molecule has 0 spiro atoms. The molecule has 0 radical (unpaired) electrons. The first-order valence-corrected chi connectivity index (χ1v) is 6.43. The smallest absolute Gasteiger partial charge is 0.114 e. The number of rotatable bonds is 1. The molecule has 1 aromatic heterocycles. The van der Waals surface area contributed by atoms with Crippen molar-refractivity contribution in [2.24, 2.45) is 5.73 Å². The molecule has 2 heterocycles. The van der Waals surface area contributed by atoms with Crippen molar-refractivity contribution < 1.29 is 4.74 Å². The molecule has 0 aliphatic carbocycles. The second-order valence-electron chi connectivity index (χ2n) is 4.55. The van der Waals surface area contributed by atoms with E-state index in [1.54, 1.807) is 0 Å². The van der Waals surface area contributed by atoms with Gasteiger partial charge in [-0.1, -0.05) is 15.9 Å². The molecule has 1 saturated heterocycles. The highest BCUT2D eigenvalue weighted by molar-refractivity contribution is 9.10. The summed E-state index contributed by atoms with van der Waals surface area (Å²) in [5, 5.41) is 0. The molecule has 3 rings (SSSR count). The number of aromatic amines is 1. The highest BCUT2D eigenvalue weighted by Crippen LogP contribution is 2.27. The standard InChI is InChI=1S/C12H14BrN3O/c1-6-2-7(13)3-10-11(6)16-12(15-10)8-4-17-5-9(8)14/h2-3,8-9H,4-5,14H2,1H3,(H,15,16). The number of hydrogen-bond acceptors (Lipinski definition) is 3. The monoisotopic (exact) mass is 295 g/mol. The van der Waals surface area contributed by atoms with Crippen LogP contribution in [0.2, 0.25) is 0 Å². The second-order valence-corrected chi connectivity index (χ2v) is 5.46. The quantitative estimate of drug-likeness (QED) is 0.847. The van der Waals surface area contributed by atoms with Gasteiger partial charge in [0.1, 0.15) is 5.82 Å². The predicted octanol–water partition coefficient (Wildman–Crippen LogP) is 2.07. The summed E-state index contributed by atoms with van der Waals surface area (Å²) in [5.41, 5.74) is 9.23. The van der Waals surface area contributed by atoms with E-state index in [9.17, 15) is 0 Å². The van der Waals surface area contributed by atoms with Crippen molar-refractivity contribution in [3.05, 3.63) is 28.0 Å². The van der Waals surface area contributed by atoms with E-state index in [4.69, 9.17) is 10.5 Å². The highest BCUT2D eigenvalue weighted by Gasteiger charge is 2.29. The van der Waals surface area contributed by atoms with Crippen molar-refractivity contribution in [2.45, 2.75) is 18.9 Å². The molecular weight excluding hydrogens is 282 g/mol. The summed E-state index contributed by atoms with van der Waals surface area (Å²) in [6.07, 6.45) is 0. The number of hydrogen-bond donors (Lipinski definition) is 2. The fourth-order valence-electron chi connectivity index (χ4n) is 2.29. The molecule has 1 fully saturated rings. The van der Waals surface area contributed by atoms with E-state index >= 15 is 0 Å². The number of halogens is 1. The molecule has 1 aliphatic rings. The average Bonchev–Trinajstić information content (AvgIpc) is 2.83. The zero-order valence-electron chi connectivity index (χ0n) is 9.53. The number of ether oxygens (including phenoxy) is 1. The van der Waals surface area contributed by atoms with Gasteiger partial charge < -0.3 is 15.5 Å². The van der Waals surface area contributed by atoms with E-state index in [0.717, 1.165) is 26.9 Å². The van der Waals surface area contributed by atoms with Crippen LogP contribution in [0.25, 0.3) is 11.0 Å². The van der Waals surface area contributed by atoms with Gasteiger partial charge in [0.2, 0.25) is 0 Å². The fourth-order valence-corrected chi connectivity index (χ4v) is 2.87. The van der Waals surface area contributed by atoms with E-state index in [1.807, 2.05) is 6.07 Å². The maximum absolute atomic E-state index is 6.01. The van der Waals surface area contributed by atoms with Gasteiger partial charge in [-0.2, -0.15) is 0 Å². The first kappa shape index (κ1) is 11.2. The maximum Gasteiger partial charge on any atom is 0.114 e. The Balaban J connectivity index is 2.10. The van der Waals surface area contributed by atoms with Crippen molar-refractivity contribution in [1.29, 1.82) is 0 Å².